The molecule has 1 aromatic carbocycles. The van der Waals surface area contributed by atoms with Gasteiger partial charge in [0.1, 0.15) is 0 Å². The van der Waals surface area contributed by atoms with E-state index in [1.807, 2.05) is 25.1 Å². The number of H-pyrrole nitrogens is 2. The first-order valence-electron chi connectivity index (χ1n) is 11.5. The number of hydrogen-bond donors (Lipinski definition) is 4. The fraction of sp³-hybridized carbons (Fsp3) is 0.400. The molecule has 0 saturated carbocycles. The number of aromatic amines is 2. The van der Waals surface area contributed by atoms with E-state index in [1.165, 1.54) is 25.9 Å². The Morgan fingerprint density at radius 1 is 1.25 bits per heavy atom. The van der Waals surface area contributed by atoms with E-state index in [1.54, 1.807) is 0 Å². The maximum absolute atomic E-state index is 13.1. The van der Waals surface area contributed by atoms with Crippen LogP contribution in [0.1, 0.15) is 58.6 Å². The maximum atomic E-state index is 13.1. The zero-order chi connectivity index (χ0) is 22.2. The zero-order valence-corrected chi connectivity index (χ0v) is 19.9. The van der Waals surface area contributed by atoms with Gasteiger partial charge in [0.05, 0.1) is 16.8 Å². The van der Waals surface area contributed by atoms with E-state index in [0.717, 1.165) is 74.8 Å². The van der Waals surface area contributed by atoms with Crippen molar-refractivity contribution >= 4 is 38.3 Å². The fourth-order valence-corrected chi connectivity index (χ4v) is 5.54. The van der Waals surface area contributed by atoms with Crippen LogP contribution < -0.4 is 5.32 Å². The summed E-state index contributed by atoms with van der Waals surface area (Å²) in [4.78, 5) is 22.1. The Kier molecular flexibility index (Phi) is 5.86. The predicted molar refractivity (Wildman–Crippen MR) is 131 cm³/mol. The van der Waals surface area contributed by atoms with Gasteiger partial charge in [-0.1, -0.05) is 22.0 Å². The minimum Gasteiger partial charge on any atom is -0.494 e. The summed E-state index contributed by atoms with van der Waals surface area (Å²) >= 11 is 3.54. The molecule has 6 nitrogen and oxygen atoms in total. The lowest BCUT2D eigenvalue weighted by atomic mass is 9.89. The van der Waals surface area contributed by atoms with Gasteiger partial charge in [0.15, 0.2) is 5.88 Å². The lowest BCUT2D eigenvalue weighted by molar-refractivity contribution is 0.0950. The molecule has 0 unspecified atom stereocenters. The predicted octanol–water partition coefficient (Wildman–Crippen LogP) is 4.87. The van der Waals surface area contributed by atoms with Crippen LogP contribution in [0.5, 0.6) is 5.88 Å². The van der Waals surface area contributed by atoms with Crippen molar-refractivity contribution in [1.29, 1.82) is 0 Å². The average Bonchev–Trinajstić information content (AvgIpc) is 3.47. The van der Waals surface area contributed by atoms with Crippen LogP contribution in [0, 0.1) is 6.92 Å². The maximum Gasteiger partial charge on any atom is 0.253 e. The molecular weight excluding hydrogens is 468 g/mol. The number of benzene rings is 1. The average molecular weight is 497 g/mol. The standard InChI is InChI=1S/C25H29BrN4O2/c1-15-21(24(31)27-10-5-13-30-11-2-3-12-30)17-6-4-7-18(23(17)28-15)22-19-14-16(26)8-9-20(19)29-25(22)32/h7-9,14,28-29,32H,2-6,10-13H2,1H3,(H,27,31). The van der Waals surface area contributed by atoms with Crippen molar-refractivity contribution in [2.24, 2.45) is 0 Å². The van der Waals surface area contributed by atoms with E-state index < -0.39 is 0 Å². The summed E-state index contributed by atoms with van der Waals surface area (Å²) < 4.78 is 0.957. The highest BCUT2D eigenvalue weighted by molar-refractivity contribution is 9.10. The number of nitrogens with one attached hydrogen (secondary N) is 3. The normalized spacial score (nSPS) is 16.4. The quantitative estimate of drug-likeness (QED) is 0.367. The summed E-state index contributed by atoms with van der Waals surface area (Å²) in [5, 5.41) is 14.8. The first kappa shape index (κ1) is 21.3. The summed E-state index contributed by atoms with van der Waals surface area (Å²) in [5.74, 6) is 0.144. The molecule has 0 bridgehead atoms. The third-order valence-corrected chi connectivity index (χ3v) is 7.17. The Morgan fingerprint density at radius 3 is 2.88 bits per heavy atom. The molecule has 2 aliphatic rings. The molecule has 1 aliphatic carbocycles. The van der Waals surface area contributed by atoms with Crippen molar-refractivity contribution in [3.8, 4) is 5.88 Å². The first-order valence-corrected chi connectivity index (χ1v) is 12.3. The van der Waals surface area contributed by atoms with Crippen LogP contribution in [-0.4, -0.2) is 52.1 Å². The van der Waals surface area contributed by atoms with E-state index in [0.29, 0.717) is 6.54 Å². The summed E-state index contributed by atoms with van der Waals surface area (Å²) in [6.07, 6.45) is 7.35. The zero-order valence-electron chi connectivity index (χ0n) is 18.4. The summed E-state index contributed by atoms with van der Waals surface area (Å²) in [6, 6.07) is 5.92. The van der Waals surface area contributed by atoms with Gasteiger partial charge in [0.2, 0.25) is 0 Å². The lowest BCUT2D eigenvalue weighted by Gasteiger charge is -2.16. The second-order valence-corrected chi connectivity index (χ2v) is 9.75. The largest absolute Gasteiger partial charge is 0.494 e. The lowest BCUT2D eigenvalue weighted by Crippen LogP contribution is -2.29. The van der Waals surface area contributed by atoms with E-state index >= 15 is 0 Å². The SMILES string of the molecule is Cc1[nH]c2c(c1C(=O)NCCCN1CCCC1)CCC=C2c1c(O)[nH]c2ccc(Br)cc12. The van der Waals surface area contributed by atoms with Crippen LogP contribution in [0.15, 0.2) is 28.7 Å². The van der Waals surface area contributed by atoms with Gasteiger partial charge in [-0.2, -0.15) is 0 Å². The second-order valence-electron chi connectivity index (χ2n) is 8.83. The Labute approximate surface area is 196 Å². The van der Waals surface area contributed by atoms with Gasteiger partial charge in [0.25, 0.3) is 5.91 Å². The van der Waals surface area contributed by atoms with Crippen molar-refractivity contribution in [2.45, 2.75) is 39.0 Å². The molecule has 3 aromatic rings. The highest BCUT2D eigenvalue weighted by Gasteiger charge is 2.28. The van der Waals surface area contributed by atoms with Gasteiger partial charge in [-0.15, -0.1) is 0 Å². The summed E-state index contributed by atoms with van der Waals surface area (Å²) in [6.45, 7) is 6.07. The molecule has 168 valence electrons. The number of fused-ring (bicyclic) bond motifs is 2. The highest BCUT2D eigenvalue weighted by atomic mass is 79.9. The minimum atomic E-state index is -0.00596. The third-order valence-electron chi connectivity index (χ3n) is 6.68. The van der Waals surface area contributed by atoms with Crippen LogP contribution in [0.2, 0.25) is 0 Å². The van der Waals surface area contributed by atoms with Crippen LogP contribution >= 0.6 is 15.9 Å². The number of aromatic hydroxyl groups is 1. The van der Waals surface area contributed by atoms with E-state index in [4.69, 9.17) is 0 Å². The van der Waals surface area contributed by atoms with Crippen LogP contribution in [0.25, 0.3) is 16.5 Å². The number of amides is 1. The van der Waals surface area contributed by atoms with Crippen LogP contribution in [0.3, 0.4) is 0 Å². The number of aromatic nitrogens is 2. The van der Waals surface area contributed by atoms with Crippen molar-refractivity contribution in [2.75, 3.05) is 26.2 Å². The molecule has 1 saturated heterocycles. The topological polar surface area (TPSA) is 84.2 Å². The van der Waals surface area contributed by atoms with Gasteiger partial charge < -0.3 is 25.3 Å². The molecule has 3 heterocycles. The summed E-state index contributed by atoms with van der Waals surface area (Å²) in [7, 11) is 0. The number of hydrogen-bond acceptors (Lipinski definition) is 3. The highest BCUT2D eigenvalue weighted by Crippen LogP contribution is 2.41. The molecule has 5 rings (SSSR count). The van der Waals surface area contributed by atoms with Crippen LogP contribution in [-0.2, 0) is 6.42 Å². The first-order chi connectivity index (χ1) is 15.5. The van der Waals surface area contributed by atoms with E-state index in [2.05, 4.69) is 42.2 Å². The van der Waals surface area contributed by atoms with E-state index in [9.17, 15) is 9.90 Å². The van der Waals surface area contributed by atoms with Crippen LogP contribution in [0.4, 0.5) is 0 Å². The van der Waals surface area contributed by atoms with Crippen molar-refractivity contribution in [3.05, 3.63) is 56.8 Å². The van der Waals surface area contributed by atoms with Gasteiger partial charge >= 0.3 is 0 Å². The smallest absolute Gasteiger partial charge is 0.253 e. The molecular formula is C25H29BrN4O2. The molecule has 0 radical (unpaired) electrons. The monoisotopic (exact) mass is 496 g/mol. The number of carbonyl (C=O) groups excluding carboxylic acids is 1. The van der Waals surface area contributed by atoms with E-state index in [-0.39, 0.29) is 11.8 Å². The molecule has 0 spiro atoms. The van der Waals surface area contributed by atoms with Crippen molar-refractivity contribution < 1.29 is 9.90 Å². The number of aryl methyl sites for hydroxylation is 1. The van der Waals surface area contributed by atoms with Crippen molar-refractivity contribution in [3.63, 3.8) is 0 Å². The number of nitrogens with zero attached hydrogens (tertiary/aromatic N) is 1. The number of rotatable bonds is 6. The molecule has 1 amide bonds. The molecule has 4 N–H and O–H groups in total. The Morgan fingerprint density at radius 2 is 2.06 bits per heavy atom. The number of halogens is 1. The number of carbonyl (C=O) groups is 1. The Balaban J connectivity index is 1.39. The van der Waals surface area contributed by atoms with Gasteiger partial charge in [-0.3, -0.25) is 4.79 Å². The van der Waals surface area contributed by atoms with Gasteiger partial charge in [0, 0.05) is 33.2 Å². The number of likely N-dealkylation sites (tertiary alicyclic amines) is 1. The molecule has 1 aliphatic heterocycles. The van der Waals surface area contributed by atoms with Gasteiger partial charge in [-0.25, -0.2) is 0 Å². The Bertz CT molecular complexity index is 1200. The Hall–Kier alpha value is -2.51. The van der Waals surface area contributed by atoms with Gasteiger partial charge in [-0.05, 0) is 82.4 Å². The molecule has 1 fully saturated rings. The summed E-state index contributed by atoms with van der Waals surface area (Å²) in [5.41, 5.74) is 6.22. The molecule has 2 aromatic heterocycles. The minimum absolute atomic E-state index is 0.00596. The number of allylic oxidation sites excluding steroid dienone is 1. The third kappa shape index (κ3) is 3.88. The fourth-order valence-electron chi connectivity index (χ4n) is 5.18. The molecule has 7 heteroatoms. The molecule has 32 heavy (non-hydrogen) atoms. The second kappa shape index (κ2) is 8.79. The van der Waals surface area contributed by atoms with Crippen molar-refractivity contribution in [1.82, 2.24) is 20.2 Å². The molecule has 0 atom stereocenters.